The number of aliphatic imine (C=N–C) groups is 1. The predicted octanol–water partition coefficient (Wildman–Crippen LogP) is -2.06. The average molecular weight is 350 g/mol. The van der Waals surface area contributed by atoms with Gasteiger partial charge in [-0.3, -0.25) is 24.7 Å². The molecule has 0 aliphatic carbocycles. The summed E-state index contributed by atoms with van der Waals surface area (Å²) in [6.45, 7) is 6.89. The lowest BCUT2D eigenvalue weighted by atomic mass is 9.78. The summed E-state index contributed by atoms with van der Waals surface area (Å²) in [7, 11) is 0. The summed E-state index contributed by atoms with van der Waals surface area (Å²) >= 11 is 0. The maximum absolute atomic E-state index is 12.6. The van der Waals surface area contributed by atoms with Crippen molar-refractivity contribution < 1.29 is 29.0 Å². The number of hydrogen-bond donors (Lipinski definition) is 4. The van der Waals surface area contributed by atoms with Crippen molar-refractivity contribution in [1.82, 2.24) is 10.6 Å². The summed E-state index contributed by atoms with van der Waals surface area (Å²) < 4.78 is 5.38. The third kappa shape index (κ3) is 2.80. The molecule has 0 spiro atoms. The standard InChI is InChI=1S/C15H18N4O6/c1-3-5-17-11(21)8-7-9(12(22)19-10(7)20)25-15(8,14(23)24)13(16)18-6-4-2/h3-4,7-9H,1-2,5-6H2,(H2,16,18)(H,17,21)(H,23,24)(H,19,20,22). The van der Waals surface area contributed by atoms with Crippen molar-refractivity contribution in [1.29, 1.82) is 0 Å². The van der Waals surface area contributed by atoms with Crippen LogP contribution in [0.5, 0.6) is 0 Å². The Morgan fingerprint density at radius 3 is 2.60 bits per heavy atom. The minimum Gasteiger partial charge on any atom is -0.479 e. The van der Waals surface area contributed by atoms with E-state index in [1.54, 1.807) is 0 Å². The second-order valence-electron chi connectivity index (χ2n) is 5.48. The van der Waals surface area contributed by atoms with Crippen LogP contribution in [0.1, 0.15) is 0 Å². The number of fused-ring (bicyclic) bond motifs is 1. The van der Waals surface area contributed by atoms with Gasteiger partial charge in [-0.15, -0.1) is 13.2 Å². The van der Waals surface area contributed by atoms with Crippen molar-refractivity contribution >= 4 is 29.5 Å². The number of hydrogen-bond acceptors (Lipinski definition) is 6. The molecule has 10 heteroatoms. The van der Waals surface area contributed by atoms with Crippen LogP contribution in [0.3, 0.4) is 0 Å². The number of carbonyl (C=O) groups is 4. The van der Waals surface area contributed by atoms with Crippen molar-refractivity contribution in [3.05, 3.63) is 25.3 Å². The molecule has 5 N–H and O–H groups in total. The fourth-order valence-corrected chi connectivity index (χ4v) is 2.98. The number of imide groups is 1. The second kappa shape index (κ2) is 6.85. The first-order valence-corrected chi connectivity index (χ1v) is 7.37. The number of amides is 3. The molecule has 0 saturated carbocycles. The van der Waals surface area contributed by atoms with Crippen LogP contribution in [0.15, 0.2) is 30.3 Å². The Hall–Kier alpha value is -3.01. The Kier molecular flexibility index (Phi) is 5.02. The minimum absolute atomic E-state index is 0.0271. The van der Waals surface area contributed by atoms with Gasteiger partial charge in [0.1, 0.15) is 5.84 Å². The van der Waals surface area contributed by atoms with Crippen LogP contribution < -0.4 is 16.4 Å². The van der Waals surface area contributed by atoms with E-state index in [4.69, 9.17) is 10.5 Å². The van der Waals surface area contributed by atoms with Crippen LogP contribution in [0.25, 0.3) is 0 Å². The third-order valence-electron chi connectivity index (χ3n) is 4.04. The van der Waals surface area contributed by atoms with Gasteiger partial charge in [0.05, 0.1) is 18.4 Å². The second-order valence-corrected chi connectivity index (χ2v) is 5.48. The Morgan fingerprint density at radius 2 is 2.04 bits per heavy atom. The molecule has 0 aromatic carbocycles. The van der Waals surface area contributed by atoms with E-state index in [2.05, 4.69) is 23.5 Å². The van der Waals surface area contributed by atoms with Crippen molar-refractivity contribution in [2.24, 2.45) is 22.6 Å². The summed E-state index contributed by atoms with van der Waals surface area (Å²) in [6, 6.07) is 0. The molecule has 134 valence electrons. The van der Waals surface area contributed by atoms with E-state index >= 15 is 0 Å². The highest BCUT2D eigenvalue weighted by Gasteiger charge is 2.70. The Labute approximate surface area is 142 Å². The Morgan fingerprint density at radius 1 is 1.36 bits per heavy atom. The molecular formula is C15H18N4O6. The number of nitrogens with zero attached hydrogens (tertiary/aromatic N) is 1. The third-order valence-corrected chi connectivity index (χ3v) is 4.04. The van der Waals surface area contributed by atoms with Crippen molar-refractivity contribution in [2.45, 2.75) is 11.7 Å². The van der Waals surface area contributed by atoms with E-state index in [1.807, 2.05) is 5.32 Å². The summed E-state index contributed by atoms with van der Waals surface area (Å²) in [4.78, 5) is 52.4. The fourth-order valence-electron chi connectivity index (χ4n) is 2.98. The Bertz CT molecular complexity index is 688. The largest absolute Gasteiger partial charge is 0.479 e. The van der Waals surface area contributed by atoms with Crippen LogP contribution in [0.2, 0.25) is 0 Å². The van der Waals surface area contributed by atoms with E-state index in [1.165, 1.54) is 12.2 Å². The summed E-state index contributed by atoms with van der Waals surface area (Å²) in [5, 5.41) is 14.2. The van der Waals surface area contributed by atoms with Gasteiger partial charge < -0.3 is 20.9 Å². The van der Waals surface area contributed by atoms with Gasteiger partial charge in [-0.2, -0.15) is 0 Å². The minimum atomic E-state index is -2.43. The van der Waals surface area contributed by atoms with Crippen LogP contribution in [-0.2, 0) is 23.9 Å². The summed E-state index contributed by atoms with van der Waals surface area (Å²) in [5.74, 6) is -7.47. The first-order valence-electron chi connectivity index (χ1n) is 7.37. The molecule has 2 fully saturated rings. The molecule has 2 rings (SSSR count). The number of ether oxygens (including phenoxy) is 1. The molecule has 2 heterocycles. The first kappa shape index (κ1) is 18.3. The van der Waals surface area contributed by atoms with E-state index in [0.29, 0.717) is 0 Å². The van der Waals surface area contributed by atoms with E-state index in [-0.39, 0.29) is 13.1 Å². The number of rotatable bonds is 7. The van der Waals surface area contributed by atoms with Crippen LogP contribution in [-0.4, -0.2) is 59.4 Å². The van der Waals surface area contributed by atoms with E-state index in [0.717, 1.165) is 0 Å². The monoisotopic (exact) mass is 350 g/mol. The van der Waals surface area contributed by atoms with Gasteiger partial charge in [0, 0.05) is 6.54 Å². The maximum atomic E-state index is 12.6. The van der Waals surface area contributed by atoms with Crippen molar-refractivity contribution in [3.8, 4) is 0 Å². The molecule has 2 saturated heterocycles. The van der Waals surface area contributed by atoms with Crippen LogP contribution in [0, 0.1) is 11.8 Å². The zero-order valence-corrected chi connectivity index (χ0v) is 13.2. The lowest BCUT2D eigenvalue weighted by Gasteiger charge is -2.30. The number of carbonyl (C=O) groups excluding carboxylic acids is 3. The number of amidine groups is 1. The molecule has 25 heavy (non-hydrogen) atoms. The van der Waals surface area contributed by atoms with Gasteiger partial charge >= 0.3 is 5.97 Å². The molecule has 2 aliphatic heterocycles. The molecule has 4 atom stereocenters. The molecule has 0 aromatic heterocycles. The highest BCUT2D eigenvalue weighted by molar-refractivity contribution is 6.17. The SMILES string of the molecule is C=CCN=C(N)C1(C(=O)O)OC2C(=O)NC(=O)C2C1C(=O)NCC=C. The van der Waals surface area contributed by atoms with E-state index < -0.39 is 53.1 Å². The van der Waals surface area contributed by atoms with Gasteiger partial charge in [0.2, 0.25) is 17.4 Å². The number of carboxylic acids is 1. The predicted molar refractivity (Wildman–Crippen MR) is 85.3 cm³/mol. The van der Waals surface area contributed by atoms with Gasteiger partial charge in [0.15, 0.2) is 6.10 Å². The van der Waals surface area contributed by atoms with E-state index in [9.17, 15) is 24.3 Å². The molecule has 0 radical (unpaired) electrons. The molecule has 3 amide bonds. The highest BCUT2D eigenvalue weighted by Crippen LogP contribution is 2.44. The maximum Gasteiger partial charge on any atom is 0.344 e. The lowest BCUT2D eigenvalue weighted by molar-refractivity contribution is -0.163. The molecule has 4 unspecified atom stereocenters. The Balaban J connectivity index is 2.58. The van der Waals surface area contributed by atoms with Crippen LogP contribution in [0.4, 0.5) is 0 Å². The number of nitrogens with two attached hydrogens (primary N) is 1. The summed E-state index contributed by atoms with van der Waals surface area (Å²) in [6.07, 6.45) is 1.30. The lowest BCUT2D eigenvalue weighted by Crippen LogP contribution is -2.60. The summed E-state index contributed by atoms with van der Waals surface area (Å²) in [5.41, 5.74) is 3.37. The quantitative estimate of drug-likeness (QED) is 0.178. The van der Waals surface area contributed by atoms with Crippen molar-refractivity contribution in [3.63, 3.8) is 0 Å². The van der Waals surface area contributed by atoms with Gasteiger partial charge in [-0.05, 0) is 0 Å². The molecule has 0 aromatic rings. The highest BCUT2D eigenvalue weighted by atomic mass is 16.6. The molecule has 10 nitrogen and oxygen atoms in total. The van der Waals surface area contributed by atoms with Crippen LogP contribution >= 0.6 is 0 Å². The zero-order chi connectivity index (χ0) is 18.8. The molecule has 0 bridgehead atoms. The number of nitrogens with one attached hydrogen (secondary N) is 2. The number of carboxylic acid groups (broad SMARTS) is 1. The normalized spacial score (nSPS) is 31.2. The molecule has 2 aliphatic rings. The van der Waals surface area contributed by atoms with Gasteiger partial charge in [-0.1, -0.05) is 12.2 Å². The topological polar surface area (TPSA) is 160 Å². The van der Waals surface area contributed by atoms with Gasteiger partial charge in [-0.25, -0.2) is 4.79 Å². The first-order chi connectivity index (χ1) is 11.8. The fraction of sp³-hybridized carbons (Fsp3) is 0.400. The van der Waals surface area contributed by atoms with Gasteiger partial charge in [0.25, 0.3) is 5.91 Å². The molecular weight excluding hydrogens is 332 g/mol. The smallest absolute Gasteiger partial charge is 0.344 e. The average Bonchev–Trinajstić information content (AvgIpc) is 3.06. The van der Waals surface area contributed by atoms with Crippen molar-refractivity contribution in [2.75, 3.05) is 13.1 Å². The zero-order valence-electron chi connectivity index (χ0n) is 13.2. The number of aliphatic carboxylic acids is 1.